The third-order valence-corrected chi connectivity index (χ3v) is 7.43. The molecule has 0 bridgehead atoms. The summed E-state index contributed by atoms with van der Waals surface area (Å²) in [6, 6.07) is 0. The summed E-state index contributed by atoms with van der Waals surface area (Å²) in [6.45, 7) is 30.0. The minimum absolute atomic E-state index is 0.120. The van der Waals surface area contributed by atoms with Gasteiger partial charge in [0.15, 0.2) is 0 Å². The third kappa shape index (κ3) is 49.7. The van der Waals surface area contributed by atoms with E-state index >= 15 is 0 Å². The molecule has 0 heterocycles. The maximum absolute atomic E-state index is 11.4. The molecule has 0 aliphatic rings. The largest absolute Gasteiger partial charge is 0.0461 e. The fourth-order valence-electron chi connectivity index (χ4n) is 0.600. The Hall–Kier alpha value is 2.31. The molecule has 0 saturated carbocycles. The van der Waals surface area contributed by atoms with Gasteiger partial charge in [-0.3, -0.25) is 0 Å². The quantitative estimate of drug-likeness (QED) is 0.296. The summed E-state index contributed by atoms with van der Waals surface area (Å²) in [5, 5.41) is 0.534. The summed E-state index contributed by atoms with van der Waals surface area (Å²) in [6.07, 6.45) is 0. The number of hydrogen-bond donors (Lipinski definition) is 0. The predicted molar refractivity (Wildman–Crippen MR) is 132 cm³/mol. The molecule has 0 aliphatic carbocycles. The summed E-state index contributed by atoms with van der Waals surface area (Å²) >= 11 is 2.89. The fourth-order valence-corrected chi connectivity index (χ4v) is 4.73. The van der Waals surface area contributed by atoms with Gasteiger partial charge in [-0.15, -0.1) is 0 Å². The first kappa shape index (κ1) is 33.9. The third-order valence-electron chi connectivity index (χ3n) is 1.54. The van der Waals surface area contributed by atoms with E-state index in [1.807, 2.05) is 13.8 Å². The van der Waals surface area contributed by atoms with Crippen LogP contribution in [0.4, 0.5) is 0 Å². The Balaban J connectivity index is -0.000000137. The Morgan fingerprint density at radius 3 is 1.17 bits per heavy atom. The van der Waals surface area contributed by atoms with Crippen LogP contribution in [0.1, 0.15) is 27.7 Å². The van der Waals surface area contributed by atoms with Gasteiger partial charge in [0.2, 0.25) is 0 Å². The van der Waals surface area contributed by atoms with Gasteiger partial charge >= 0.3 is 87.6 Å². The second-order valence-corrected chi connectivity index (χ2v) is 20.8. The van der Waals surface area contributed by atoms with Crippen molar-refractivity contribution in [3.63, 3.8) is 0 Å². The molecule has 151 valence electrons. The molecule has 0 radical (unpaired) electrons. The second-order valence-electron chi connectivity index (χ2n) is 7.94. The van der Waals surface area contributed by atoms with E-state index in [4.69, 9.17) is 0 Å². The molecule has 0 fully saturated rings. The molecule has 0 aliphatic heterocycles. The minimum Gasteiger partial charge on any atom is -0.00840 e. The van der Waals surface area contributed by atoms with Crippen molar-refractivity contribution in [1.82, 2.24) is 0 Å². The maximum atomic E-state index is 11.4. The number of rotatable bonds is 5. The number of carbonyl (C=O) groups excluding carboxylic acids is 1. The van der Waals surface area contributed by atoms with E-state index in [0.29, 0.717) is 25.4 Å². The molecular weight excluding hydrogens is 478 g/mol. The molecule has 2 unspecified atom stereocenters. The monoisotopic (exact) mass is 524 g/mol. The number of carbonyl (C=O) groups is 1. The van der Waals surface area contributed by atoms with Gasteiger partial charge in [0.1, 0.15) is 0 Å². The van der Waals surface area contributed by atoms with Gasteiger partial charge in [0, 0.05) is 60.0 Å². The first-order valence-electron chi connectivity index (χ1n) is 8.58. The molecule has 0 rings (SSSR count). The van der Waals surface area contributed by atoms with Crippen LogP contribution in [0.15, 0.2) is 0 Å². The topological polar surface area (TPSA) is 17.1 Å². The molecule has 0 amide bonds. The smallest absolute Gasteiger partial charge is 0.00840 e. The van der Waals surface area contributed by atoms with Crippen molar-refractivity contribution in [1.29, 1.82) is 0 Å². The van der Waals surface area contributed by atoms with Crippen molar-refractivity contribution in [2.24, 2.45) is 11.8 Å². The van der Waals surface area contributed by atoms with E-state index in [9.17, 15) is 4.79 Å². The van der Waals surface area contributed by atoms with Crippen LogP contribution in [-0.2, 0) is 22.1 Å². The Kier molecular flexibility index (Phi) is 33.0. The van der Waals surface area contributed by atoms with Crippen molar-refractivity contribution in [3.05, 3.63) is 0 Å². The van der Waals surface area contributed by atoms with Crippen LogP contribution in [0.2, 0.25) is 0 Å². The number of hydrogen-bond acceptors (Lipinski definition) is 1. The average molecular weight is 524 g/mol. The van der Waals surface area contributed by atoms with E-state index in [-0.39, 0.29) is 29.7 Å². The second kappa shape index (κ2) is 23.4. The average Bonchev–Trinajstić information content (AvgIpc) is 2.32. The first-order valence-corrected chi connectivity index (χ1v) is 21.7. The van der Waals surface area contributed by atoms with E-state index in [2.05, 4.69) is 91.2 Å². The van der Waals surface area contributed by atoms with Gasteiger partial charge < -0.3 is 0 Å². The predicted octanol–water partition coefficient (Wildman–Crippen LogP) is 6.51. The van der Waals surface area contributed by atoms with E-state index < -0.39 is 0 Å². The first-order chi connectivity index (χ1) is 10.7. The Morgan fingerprint density at radius 2 is 1.04 bits per heavy atom. The molecule has 0 saturated heterocycles. The van der Waals surface area contributed by atoms with Crippen LogP contribution in [0.5, 0.6) is 0 Å². The van der Waals surface area contributed by atoms with E-state index in [0.717, 1.165) is 0 Å². The van der Waals surface area contributed by atoms with Crippen LogP contribution in [0.25, 0.3) is 0 Å². The van der Waals surface area contributed by atoms with Crippen molar-refractivity contribution in [2.75, 3.05) is 60.0 Å². The van der Waals surface area contributed by atoms with Crippen LogP contribution < -0.4 is 0 Å². The van der Waals surface area contributed by atoms with E-state index in [1.165, 1.54) is 6.46 Å². The summed E-state index contributed by atoms with van der Waals surface area (Å²) in [5.41, 5.74) is 0.416. The van der Waals surface area contributed by atoms with Gasteiger partial charge in [0.25, 0.3) is 0 Å². The molecule has 1 nitrogen and oxygen atoms in total. The normalized spacial score (nSPS) is 12.1. The van der Waals surface area contributed by atoms with E-state index in [1.54, 1.807) is 0 Å². The summed E-state index contributed by atoms with van der Waals surface area (Å²) in [4.78, 5) is 11.4. The molecule has 7 heteroatoms. The molecular formula is C17H46OP5Rh+3. The van der Waals surface area contributed by atoms with Gasteiger partial charge in [0.05, 0.1) is 0 Å². The van der Waals surface area contributed by atoms with Crippen LogP contribution in [-0.4, -0.2) is 70.9 Å². The molecule has 0 aromatic rings. The molecule has 2 atom stereocenters. The zero-order valence-electron chi connectivity index (χ0n) is 18.4. The molecule has 0 aromatic carbocycles. The van der Waals surface area contributed by atoms with Crippen molar-refractivity contribution >= 4 is 44.3 Å². The van der Waals surface area contributed by atoms with Crippen LogP contribution >= 0.6 is 38.8 Å². The zero-order valence-corrected chi connectivity index (χ0v) is 25.0. The Labute approximate surface area is 170 Å². The zero-order chi connectivity index (χ0) is 20.5. The summed E-state index contributed by atoms with van der Waals surface area (Å²) in [7, 11) is 0.840. The molecule has 0 spiro atoms. The molecule has 0 aromatic heterocycles. The van der Waals surface area contributed by atoms with Gasteiger partial charge in [-0.2, -0.15) is 0 Å². The van der Waals surface area contributed by atoms with Gasteiger partial charge in [-0.25, -0.2) is 0 Å². The summed E-state index contributed by atoms with van der Waals surface area (Å²) < 4.78 is 0. The Morgan fingerprint density at radius 1 is 0.792 bits per heavy atom. The summed E-state index contributed by atoms with van der Waals surface area (Å²) in [5.74, 6) is 0.811. The SMILES string of the molecule is CC(C)C(=O)PC([P]=[Rh])C(C)C.C[PH+](C)C.C[PH+](C)C.C[PH+](C)C. The minimum atomic E-state index is 0.120. The van der Waals surface area contributed by atoms with Crippen LogP contribution in [0.3, 0.4) is 0 Å². The van der Waals surface area contributed by atoms with Crippen molar-refractivity contribution < 1.29 is 22.1 Å². The van der Waals surface area contributed by atoms with Crippen molar-refractivity contribution in [2.45, 2.75) is 33.1 Å². The molecule has 0 N–H and O–H groups in total. The maximum Gasteiger partial charge on any atom is 0.0461 e. The van der Waals surface area contributed by atoms with Gasteiger partial charge in [-0.1, -0.05) is 0 Å². The fraction of sp³-hybridized carbons (Fsp3) is 0.941. The van der Waals surface area contributed by atoms with Gasteiger partial charge in [-0.05, 0) is 23.8 Å². The molecule has 24 heavy (non-hydrogen) atoms. The van der Waals surface area contributed by atoms with Crippen molar-refractivity contribution in [3.8, 4) is 0 Å². The standard InChI is InChI=1S/C8H16OP2.3C3H9P.Rh/c1-5(2)7(9)11-8(10)6(3)4;3*1-4(2)3;/h5-6,8,11H,1-4H3;3*1-3H3;/p+3. The van der Waals surface area contributed by atoms with Crippen LogP contribution in [0, 0.1) is 11.8 Å². The Bertz CT molecular complexity index is 260.